The number of aryl methyl sites for hydroxylation is 1. The molecule has 1 aromatic heterocycles. The van der Waals surface area contributed by atoms with Crippen molar-refractivity contribution in [3.05, 3.63) is 17.6 Å². The zero-order valence-corrected chi connectivity index (χ0v) is 11.6. The zero-order valence-electron chi connectivity index (χ0n) is 11.6. The predicted molar refractivity (Wildman–Crippen MR) is 72.1 cm³/mol. The molecule has 0 fully saturated rings. The Labute approximate surface area is 109 Å². The van der Waals surface area contributed by atoms with Gasteiger partial charge in [0.15, 0.2) is 0 Å². The van der Waals surface area contributed by atoms with Crippen molar-refractivity contribution in [3.8, 4) is 6.07 Å². The van der Waals surface area contributed by atoms with Crippen molar-refractivity contribution in [1.29, 1.82) is 5.26 Å². The van der Waals surface area contributed by atoms with E-state index in [1.807, 2.05) is 20.0 Å². The Bertz CT molecular complexity index is 422. The molecule has 98 valence electrons. The summed E-state index contributed by atoms with van der Waals surface area (Å²) in [5, 5.41) is 11.7. The fourth-order valence-corrected chi connectivity index (χ4v) is 1.72. The first kappa shape index (κ1) is 14.4. The number of hydrogen-bond donors (Lipinski definition) is 1. The third-order valence-electron chi connectivity index (χ3n) is 2.74. The van der Waals surface area contributed by atoms with Crippen LogP contribution in [0.3, 0.4) is 0 Å². The van der Waals surface area contributed by atoms with E-state index in [9.17, 15) is 0 Å². The molecule has 1 aromatic rings. The number of nitrogens with one attached hydrogen (secondary N) is 1. The third kappa shape index (κ3) is 4.30. The lowest BCUT2D eigenvalue weighted by Gasteiger charge is -2.24. The molecule has 1 N–H and O–H groups in total. The summed E-state index contributed by atoms with van der Waals surface area (Å²) in [7, 11) is 1.85. The zero-order chi connectivity index (χ0) is 13.5. The molecule has 0 bridgehead atoms. The molecule has 0 saturated carbocycles. The maximum atomic E-state index is 8.67. The molecular formula is C13H21N5. The summed E-state index contributed by atoms with van der Waals surface area (Å²) < 4.78 is 0. The van der Waals surface area contributed by atoms with Gasteiger partial charge in [-0.2, -0.15) is 5.26 Å². The van der Waals surface area contributed by atoms with Crippen LogP contribution in [0.25, 0.3) is 0 Å². The van der Waals surface area contributed by atoms with E-state index >= 15 is 0 Å². The van der Waals surface area contributed by atoms with Gasteiger partial charge in [-0.3, -0.25) is 4.90 Å². The van der Waals surface area contributed by atoms with E-state index in [2.05, 4.69) is 40.1 Å². The lowest BCUT2D eigenvalue weighted by atomic mass is 10.3. The molecule has 0 unspecified atom stereocenters. The Balaban J connectivity index is 2.80. The SMILES string of the molecule is CNc1cc(C)nc(CN(CCC#N)C(C)C)n1. The van der Waals surface area contributed by atoms with Crippen LogP contribution in [0.15, 0.2) is 6.07 Å². The summed E-state index contributed by atoms with van der Waals surface area (Å²) in [6, 6.07) is 4.47. The van der Waals surface area contributed by atoms with Gasteiger partial charge in [0.25, 0.3) is 0 Å². The third-order valence-corrected chi connectivity index (χ3v) is 2.74. The highest BCUT2D eigenvalue weighted by Gasteiger charge is 2.12. The van der Waals surface area contributed by atoms with Crippen LogP contribution in [0.2, 0.25) is 0 Å². The van der Waals surface area contributed by atoms with E-state index in [0.717, 1.165) is 23.9 Å². The Morgan fingerprint density at radius 2 is 2.17 bits per heavy atom. The van der Waals surface area contributed by atoms with Gasteiger partial charge in [0.1, 0.15) is 11.6 Å². The van der Waals surface area contributed by atoms with Gasteiger partial charge in [-0.15, -0.1) is 0 Å². The number of hydrogen-bond acceptors (Lipinski definition) is 5. The Kier molecular flexibility index (Phi) is 5.53. The fourth-order valence-electron chi connectivity index (χ4n) is 1.72. The summed E-state index contributed by atoms with van der Waals surface area (Å²) in [5.41, 5.74) is 0.952. The lowest BCUT2D eigenvalue weighted by Crippen LogP contribution is -2.32. The van der Waals surface area contributed by atoms with Crippen molar-refractivity contribution in [2.45, 2.75) is 39.8 Å². The highest BCUT2D eigenvalue weighted by molar-refractivity contribution is 5.34. The second kappa shape index (κ2) is 6.92. The summed E-state index contributed by atoms with van der Waals surface area (Å²) in [6.07, 6.45) is 0.531. The van der Waals surface area contributed by atoms with Gasteiger partial charge in [-0.05, 0) is 20.8 Å². The maximum absolute atomic E-state index is 8.67. The van der Waals surface area contributed by atoms with Crippen LogP contribution in [0.5, 0.6) is 0 Å². The molecule has 0 aliphatic carbocycles. The van der Waals surface area contributed by atoms with Crippen molar-refractivity contribution < 1.29 is 0 Å². The van der Waals surface area contributed by atoms with Gasteiger partial charge in [0.05, 0.1) is 12.6 Å². The standard InChI is InChI=1S/C13H21N5/c1-10(2)18(7-5-6-14)9-13-16-11(3)8-12(15-4)17-13/h8,10H,5,7,9H2,1-4H3,(H,15,16,17). The molecule has 18 heavy (non-hydrogen) atoms. The quantitative estimate of drug-likeness (QED) is 0.832. The van der Waals surface area contributed by atoms with Crippen LogP contribution < -0.4 is 5.32 Å². The molecule has 5 nitrogen and oxygen atoms in total. The molecule has 0 aliphatic rings. The Morgan fingerprint density at radius 3 is 2.72 bits per heavy atom. The number of rotatable bonds is 6. The molecule has 1 rings (SSSR count). The molecule has 0 aliphatic heterocycles. The van der Waals surface area contributed by atoms with E-state index < -0.39 is 0 Å². The minimum absolute atomic E-state index is 0.375. The Hall–Kier alpha value is -1.67. The highest BCUT2D eigenvalue weighted by Crippen LogP contribution is 2.09. The molecule has 0 atom stereocenters. The van der Waals surface area contributed by atoms with Gasteiger partial charge in [-0.1, -0.05) is 0 Å². The van der Waals surface area contributed by atoms with Crippen molar-refractivity contribution in [2.24, 2.45) is 0 Å². The van der Waals surface area contributed by atoms with Crippen LogP contribution >= 0.6 is 0 Å². The van der Waals surface area contributed by atoms with Crippen LogP contribution in [-0.4, -0.2) is 34.5 Å². The van der Waals surface area contributed by atoms with E-state index in [1.54, 1.807) is 0 Å². The monoisotopic (exact) mass is 247 g/mol. The first-order valence-corrected chi connectivity index (χ1v) is 6.20. The maximum Gasteiger partial charge on any atom is 0.144 e. The van der Waals surface area contributed by atoms with Gasteiger partial charge in [0, 0.05) is 37.8 Å². The predicted octanol–water partition coefficient (Wildman–Crippen LogP) is 1.95. The molecule has 0 aromatic carbocycles. The number of nitriles is 1. The smallest absolute Gasteiger partial charge is 0.144 e. The minimum Gasteiger partial charge on any atom is -0.373 e. The average molecular weight is 247 g/mol. The lowest BCUT2D eigenvalue weighted by molar-refractivity contribution is 0.212. The van der Waals surface area contributed by atoms with Crippen LogP contribution in [0.1, 0.15) is 31.8 Å². The van der Waals surface area contributed by atoms with Crippen molar-refractivity contribution in [1.82, 2.24) is 14.9 Å². The molecule has 0 spiro atoms. The highest BCUT2D eigenvalue weighted by atomic mass is 15.2. The second-order valence-corrected chi connectivity index (χ2v) is 4.53. The van der Waals surface area contributed by atoms with E-state index in [1.165, 1.54) is 0 Å². The number of anilines is 1. The first-order valence-electron chi connectivity index (χ1n) is 6.20. The van der Waals surface area contributed by atoms with E-state index in [-0.39, 0.29) is 0 Å². The van der Waals surface area contributed by atoms with Crippen LogP contribution in [0, 0.1) is 18.3 Å². The van der Waals surface area contributed by atoms with Crippen molar-refractivity contribution >= 4 is 5.82 Å². The molecular weight excluding hydrogens is 226 g/mol. The van der Waals surface area contributed by atoms with Crippen LogP contribution in [-0.2, 0) is 6.54 Å². The number of aromatic nitrogens is 2. The molecule has 0 radical (unpaired) electrons. The largest absolute Gasteiger partial charge is 0.373 e. The summed E-state index contributed by atoms with van der Waals surface area (Å²) in [6.45, 7) is 7.62. The fraction of sp³-hybridized carbons (Fsp3) is 0.615. The van der Waals surface area contributed by atoms with E-state index in [0.29, 0.717) is 19.0 Å². The molecule has 5 heteroatoms. The van der Waals surface area contributed by atoms with Gasteiger partial charge in [-0.25, -0.2) is 9.97 Å². The van der Waals surface area contributed by atoms with Gasteiger partial charge in [0.2, 0.25) is 0 Å². The topological polar surface area (TPSA) is 64.8 Å². The van der Waals surface area contributed by atoms with Crippen molar-refractivity contribution in [3.63, 3.8) is 0 Å². The molecule has 1 heterocycles. The molecule has 0 amide bonds. The second-order valence-electron chi connectivity index (χ2n) is 4.53. The minimum atomic E-state index is 0.375. The first-order chi connectivity index (χ1) is 8.56. The normalized spacial score (nSPS) is 10.7. The molecule has 0 saturated heterocycles. The Morgan fingerprint density at radius 1 is 1.44 bits per heavy atom. The summed E-state index contributed by atoms with van der Waals surface area (Å²) >= 11 is 0. The summed E-state index contributed by atoms with van der Waals surface area (Å²) in [4.78, 5) is 11.1. The van der Waals surface area contributed by atoms with Crippen LogP contribution in [0.4, 0.5) is 5.82 Å². The van der Waals surface area contributed by atoms with Gasteiger partial charge >= 0.3 is 0 Å². The van der Waals surface area contributed by atoms with Gasteiger partial charge < -0.3 is 5.32 Å². The summed E-state index contributed by atoms with van der Waals surface area (Å²) in [5.74, 6) is 1.63. The number of nitrogens with zero attached hydrogens (tertiary/aromatic N) is 4. The average Bonchev–Trinajstić information content (AvgIpc) is 2.33. The van der Waals surface area contributed by atoms with Crippen molar-refractivity contribution in [2.75, 3.05) is 18.9 Å². The van der Waals surface area contributed by atoms with E-state index in [4.69, 9.17) is 5.26 Å².